The summed E-state index contributed by atoms with van der Waals surface area (Å²) in [5.41, 5.74) is 7.59. The van der Waals surface area contributed by atoms with E-state index in [0.717, 1.165) is 78.0 Å². The van der Waals surface area contributed by atoms with Gasteiger partial charge in [0.1, 0.15) is 11.6 Å². The Kier molecular flexibility index (Phi) is 11.7. The maximum atomic E-state index is 14.8. The Labute approximate surface area is 353 Å². The number of aromatic nitrogens is 5. The van der Waals surface area contributed by atoms with Gasteiger partial charge in [-0.1, -0.05) is 56.3 Å². The Morgan fingerprint density at radius 1 is 1.00 bits per heavy atom. The molecule has 2 atom stereocenters. The molecule has 0 bridgehead atoms. The Morgan fingerprint density at radius 3 is 2.48 bits per heavy atom. The average molecular weight is 828 g/mol. The molecule has 3 amide bonds. The van der Waals surface area contributed by atoms with E-state index < -0.39 is 23.5 Å². The third kappa shape index (κ3) is 9.16. The van der Waals surface area contributed by atoms with Crippen LogP contribution < -0.4 is 20.3 Å². The van der Waals surface area contributed by atoms with Gasteiger partial charge in [0.2, 0.25) is 17.7 Å². The molecule has 0 aliphatic carbocycles. The zero-order valence-corrected chi connectivity index (χ0v) is 35.0. The van der Waals surface area contributed by atoms with Crippen LogP contribution in [0.3, 0.4) is 0 Å². The molecule has 0 radical (unpaired) electrons. The van der Waals surface area contributed by atoms with Gasteiger partial charge in [-0.05, 0) is 73.7 Å². The minimum absolute atomic E-state index is 0.0130. The number of carbonyl (C=O) groups excluding carboxylic acids is 3. The highest BCUT2D eigenvalue weighted by Gasteiger charge is 2.30. The van der Waals surface area contributed by atoms with Crippen LogP contribution >= 0.6 is 0 Å². The second-order valence-electron chi connectivity index (χ2n) is 16.9. The molecule has 2 aliphatic rings. The number of fused-ring (bicyclic) bond motifs is 1. The summed E-state index contributed by atoms with van der Waals surface area (Å²) in [6.45, 7) is 14.8. The van der Waals surface area contributed by atoms with Gasteiger partial charge in [0, 0.05) is 84.6 Å². The number of hydrogen-bond donors (Lipinski definition) is 3. The predicted molar refractivity (Wildman–Crippen MR) is 229 cm³/mol. The second kappa shape index (κ2) is 17.2. The molecule has 5 heterocycles. The summed E-state index contributed by atoms with van der Waals surface area (Å²) in [6.07, 6.45) is 3.16. The number of carbonyl (C=O) groups is 3. The van der Waals surface area contributed by atoms with E-state index >= 15 is 0 Å². The Hall–Kier alpha value is -6.48. The first kappa shape index (κ1) is 41.3. The van der Waals surface area contributed by atoms with Gasteiger partial charge in [0.05, 0.1) is 24.3 Å². The molecular weight excluding hydrogens is 778 g/mol. The number of pyridine rings is 1. The lowest BCUT2D eigenvalue weighted by Gasteiger charge is -2.36. The molecule has 0 saturated carbocycles. The molecule has 316 valence electrons. The summed E-state index contributed by atoms with van der Waals surface area (Å²) in [7, 11) is 0. The molecule has 2 aliphatic heterocycles. The highest BCUT2D eigenvalue weighted by atomic mass is 19.1. The number of aryl methyl sites for hydroxylation is 1. The van der Waals surface area contributed by atoms with Crippen LogP contribution in [-0.2, 0) is 15.0 Å². The fourth-order valence-electron chi connectivity index (χ4n) is 8.00. The lowest BCUT2D eigenvalue weighted by atomic mass is 9.90. The number of ether oxygens (including phenoxy) is 1. The topological polar surface area (TPSA) is 171 Å². The van der Waals surface area contributed by atoms with Gasteiger partial charge in [-0.25, -0.2) is 9.37 Å². The number of piperazine rings is 1. The number of hydrogen-bond acceptors (Lipinski definition) is 11. The van der Waals surface area contributed by atoms with Crippen LogP contribution in [0.1, 0.15) is 92.1 Å². The van der Waals surface area contributed by atoms with E-state index in [1.807, 2.05) is 52.9 Å². The van der Waals surface area contributed by atoms with E-state index in [0.29, 0.717) is 30.3 Å². The largest absolute Gasteiger partial charge is 0.493 e. The molecule has 3 aromatic heterocycles. The van der Waals surface area contributed by atoms with Gasteiger partial charge in [0.15, 0.2) is 5.65 Å². The zero-order valence-electron chi connectivity index (χ0n) is 35.0. The number of nitrogens with one attached hydrogen (secondary N) is 3. The molecule has 14 nitrogen and oxygen atoms in total. The van der Waals surface area contributed by atoms with Crippen LogP contribution in [0.4, 0.5) is 10.1 Å². The van der Waals surface area contributed by atoms with Gasteiger partial charge >= 0.3 is 0 Å². The SMILES string of the molecule is Cc1cc(-c2[nH]nc3ncc(-c4ccc(N5CCN(CCCOc6ccc(C7CCC(=O)NC7=O)c(F)c6)CC5)cc4)cc23)ccc1[C@@H](C)NC(=O)c1noc(C(C)(C)C)n1. The van der Waals surface area contributed by atoms with E-state index in [4.69, 9.17) is 9.26 Å². The van der Waals surface area contributed by atoms with Gasteiger partial charge in [-0.3, -0.25) is 29.7 Å². The molecule has 2 fully saturated rings. The van der Waals surface area contributed by atoms with E-state index in [1.54, 1.807) is 12.1 Å². The Morgan fingerprint density at radius 2 is 1.77 bits per heavy atom. The molecule has 1 unspecified atom stereocenters. The molecule has 61 heavy (non-hydrogen) atoms. The lowest BCUT2D eigenvalue weighted by molar-refractivity contribution is -0.134. The number of nitrogens with zero attached hydrogens (tertiary/aromatic N) is 6. The summed E-state index contributed by atoms with van der Waals surface area (Å²) in [4.78, 5) is 50.3. The minimum Gasteiger partial charge on any atom is -0.493 e. The Bertz CT molecular complexity index is 2570. The maximum Gasteiger partial charge on any atom is 0.293 e. The smallest absolute Gasteiger partial charge is 0.293 e. The fourth-order valence-corrected chi connectivity index (χ4v) is 8.00. The van der Waals surface area contributed by atoms with E-state index in [1.165, 1.54) is 11.8 Å². The maximum absolute atomic E-state index is 14.8. The van der Waals surface area contributed by atoms with Crippen molar-refractivity contribution in [1.82, 2.24) is 40.9 Å². The van der Waals surface area contributed by atoms with Crippen molar-refractivity contribution in [2.75, 3.05) is 44.2 Å². The van der Waals surface area contributed by atoms with Crippen LogP contribution in [0.2, 0.25) is 0 Å². The summed E-state index contributed by atoms with van der Waals surface area (Å²) >= 11 is 0. The fraction of sp³-hybridized carbons (Fsp3) is 0.370. The van der Waals surface area contributed by atoms with E-state index in [2.05, 4.69) is 82.2 Å². The molecule has 3 N–H and O–H groups in total. The number of imide groups is 1. The van der Waals surface area contributed by atoms with Crippen molar-refractivity contribution in [2.24, 2.45) is 0 Å². The van der Waals surface area contributed by atoms with Crippen LogP contribution in [-0.4, -0.2) is 87.3 Å². The molecular formula is C46H50FN9O5. The minimum atomic E-state index is -0.664. The number of halogens is 1. The Balaban J connectivity index is 0.830. The summed E-state index contributed by atoms with van der Waals surface area (Å²) in [5.74, 6) is -1.48. The first-order chi connectivity index (χ1) is 29.3. The zero-order chi connectivity index (χ0) is 42.8. The molecule has 2 saturated heterocycles. The number of H-pyrrole nitrogens is 1. The number of anilines is 1. The van der Waals surface area contributed by atoms with Crippen molar-refractivity contribution in [1.29, 1.82) is 0 Å². The van der Waals surface area contributed by atoms with Crippen molar-refractivity contribution in [3.05, 3.63) is 107 Å². The third-order valence-corrected chi connectivity index (χ3v) is 11.5. The quantitative estimate of drug-likeness (QED) is 0.0856. The molecule has 8 rings (SSSR count). The van der Waals surface area contributed by atoms with E-state index in [-0.39, 0.29) is 35.2 Å². The molecule has 0 spiro atoms. The second-order valence-corrected chi connectivity index (χ2v) is 16.9. The molecule has 15 heteroatoms. The standard InChI is InChI=1S/C46H50FN9O5/c1-27-23-30(9-13-34(27)28(2)49-44(59)42-51-45(61-54-42)46(3,4)5)40-37-24-31(26-48-41(37)53-52-40)29-7-10-32(11-8-29)56-20-18-55(19-21-56)17-6-22-60-33-12-14-35(38(47)25-33)36-15-16-39(57)50-43(36)58/h7-14,23-26,28,36H,6,15-22H2,1-5H3,(H,49,59)(H,48,52,53)(H,50,57,58)/t28-,36?/m1/s1. The van der Waals surface area contributed by atoms with Crippen LogP contribution in [0, 0.1) is 12.7 Å². The van der Waals surface area contributed by atoms with Gasteiger partial charge in [-0.2, -0.15) is 10.1 Å². The first-order valence-corrected chi connectivity index (χ1v) is 20.7. The van der Waals surface area contributed by atoms with Crippen LogP contribution in [0.25, 0.3) is 33.4 Å². The van der Waals surface area contributed by atoms with Crippen molar-refractivity contribution in [3.8, 4) is 28.1 Å². The normalized spacial score (nSPS) is 16.8. The highest BCUT2D eigenvalue weighted by molar-refractivity contribution is 6.01. The predicted octanol–water partition coefficient (Wildman–Crippen LogP) is 7.02. The molecule has 3 aromatic carbocycles. The number of amides is 3. The van der Waals surface area contributed by atoms with Crippen molar-refractivity contribution < 1.29 is 28.0 Å². The van der Waals surface area contributed by atoms with Gasteiger partial charge < -0.3 is 19.5 Å². The van der Waals surface area contributed by atoms with E-state index in [9.17, 15) is 18.8 Å². The first-order valence-electron chi connectivity index (χ1n) is 20.7. The highest BCUT2D eigenvalue weighted by Crippen LogP contribution is 2.33. The van der Waals surface area contributed by atoms with Gasteiger partial charge in [0.25, 0.3) is 11.7 Å². The molecule has 6 aromatic rings. The monoisotopic (exact) mass is 827 g/mol. The summed E-state index contributed by atoms with van der Waals surface area (Å²) < 4.78 is 26.0. The summed E-state index contributed by atoms with van der Waals surface area (Å²) in [6, 6.07) is 21.1. The number of aromatic amines is 1. The van der Waals surface area contributed by atoms with Crippen LogP contribution in [0.5, 0.6) is 5.75 Å². The average Bonchev–Trinajstić information content (AvgIpc) is 3.92. The number of benzene rings is 3. The number of rotatable bonds is 12. The summed E-state index contributed by atoms with van der Waals surface area (Å²) in [5, 5.41) is 17.7. The van der Waals surface area contributed by atoms with Crippen molar-refractivity contribution in [2.45, 2.75) is 71.3 Å². The van der Waals surface area contributed by atoms with Gasteiger partial charge in [-0.15, -0.1) is 0 Å². The van der Waals surface area contributed by atoms with Crippen molar-refractivity contribution in [3.63, 3.8) is 0 Å². The van der Waals surface area contributed by atoms with Crippen molar-refractivity contribution >= 4 is 34.4 Å². The number of piperidine rings is 1. The van der Waals surface area contributed by atoms with Crippen LogP contribution in [0.15, 0.2) is 77.4 Å². The third-order valence-electron chi connectivity index (χ3n) is 11.5. The lowest BCUT2D eigenvalue weighted by Crippen LogP contribution is -2.46.